The molecule has 5 aliphatic rings. The molecule has 1 saturated carbocycles. The predicted molar refractivity (Wildman–Crippen MR) is 234 cm³/mol. The molecule has 1 unspecified atom stereocenters. The van der Waals surface area contributed by atoms with Gasteiger partial charge in [-0.05, 0) is 81.1 Å². The Balaban J connectivity index is 0.696. The predicted octanol–water partition coefficient (Wildman–Crippen LogP) is 4.32. The first-order valence-corrected chi connectivity index (χ1v) is 22.2. The van der Waals surface area contributed by atoms with Gasteiger partial charge >= 0.3 is 0 Å². The lowest BCUT2D eigenvalue weighted by molar-refractivity contribution is -0.134. The number of pyridine rings is 1. The average molecular weight is 817 g/mol. The van der Waals surface area contributed by atoms with Crippen LogP contribution in [-0.2, 0) is 9.59 Å². The second-order valence-corrected chi connectivity index (χ2v) is 17.6. The van der Waals surface area contributed by atoms with Crippen LogP contribution in [0.15, 0.2) is 54.9 Å². The number of fused-ring (bicyclic) bond motifs is 1. The Morgan fingerprint density at radius 3 is 2.08 bits per heavy atom. The van der Waals surface area contributed by atoms with E-state index in [9.17, 15) is 14.4 Å². The number of imide groups is 1. The van der Waals surface area contributed by atoms with Crippen molar-refractivity contribution in [1.82, 2.24) is 44.4 Å². The highest BCUT2D eigenvalue weighted by Gasteiger charge is 2.31. The molecule has 15 heteroatoms. The van der Waals surface area contributed by atoms with E-state index in [1.807, 2.05) is 18.3 Å². The van der Waals surface area contributed by atoms with Gasteiger partial charge in [-0.2, -0.15) is 4.98 Å². The molecule has 7 heterocycles. The van der Waals surface area contributed by atoms with Gasteiger partial charge in [0, 0.05) is 115 Å². The SMILES string of the molecule is CN(C)C(=O)c1cc2cnc(Nc3ccc(N4CCN(C5CCN(CCN6CCN(c7ccc(C8CCC(=O)NC8=O)cc7)CC6)CC5)CC4)cn3)nc2n1C1CCCC1. The minimum absolute atomic E-state index is 0.0112. The number of carbonyl (C=O) groups is 3. The Morgan fingerprint density at radius 2 is 1.42 bits per heavy atom. The van der Waals surface area contributed by atoms with Crippen LogP contribution >= 0.6 is 0 Å². The smallest absolute Gasteiger partial charge is 0.270 e. The number of hydrogen-bond acceptors (Lipinski definition) is 12. The summed E-state index contributed by atoms with van der Waals surface area (Å²) in [4.78, 5) is 65.6. The third-order valence-corrected chi connectivity index (χ3v) is 13.6. The molecule has 0 bridgehead atoms. The summed E-state index contributed by atoms with van der Waals surface area (Å²) >= 11 is 0. The van der Waals surface area contributed by atoms with Crippen molar-refractivity contribution < 1.29 is 14.4 Å². The van der Waals surface area contributed by atoms with Gasteiger partial charge in [0.15, 0.2) is 0 Å². The maximum atomic E-state index is 13.1. The summed E-state index contributed by atoms with van der Waals surface area (Å²) in [5.74, 6) is 0.593. The number of anilines is 4. The largest absolute Gasteiger partial charge is 0.369 e. The minimum Gasteiger partial charge on any atom is -0.369 e. The van der Waals surface area contributed by atoms with Gasteiger partial charge in [0.1, 0.15) is 17.2 Å². The first-order valence-electron chi connectivity index (χ1n) is 22.2. The number of amides is 3. The zero-order valence-electron chi connectivity index (χ0n) is 35.3. The number of aromatic nitrogens is 4. The number of carbonyl (C=O) groups excluding carboxylic acids is 3. The fourth-order valence-electron chi connectivity index (χ4n) is 10.1. The summed E-state index contributed by atoms with van der Waals surface area (Å²) in [5.41, 5.74) is 4.81. The summed E-state index contributed by atoms with van der Waals surface area (Å²) in [6, 6.07) is 15.4. The molecular weight excluding hydrogens is 757 g/mol. The van der Waals surface area contributed by atoms with Crippen LogP contribution in [0.1, 0.15) is 79.4 Å². The summed E-state index contributed by atoms with van der Waals surface area (Å²) < 4.78 is 2.14. The average Bonchev–Trinajstić information content (AvgIpc) is 3.95. The molecule has 5 fully saturated rings. The first kappa shape index (κ1) is 40.3. The highest BCUT2D eigenvalue weighted by atomic mass is 16.2. The molecule has 60 heavy (non-hydrogen) atoms. The van der Waals surface area contributed by atoms with Crippen molar-refractivity contribution in [2.45, 2.75) is 69.4 Å². The van der Waals surface area contributed by atoms with Crippen molar-refractivity contribution in [2.75, 3.05) is 108 Å². The van der Waals surface area contributed by atoms with E-state index in [0.29, 0.717) is 36.3 Å². The van der Waals surface area contributed by atoms with Gasteiger partial charge in [-0.3, -0.25) is 29.5 Å². The normalized spacial score (nSPS) is 21.8. The Hall–Kier alpha value is -5.12. The van der Waals surface area contributed by atoms with E-state index in [4.69, 9.17) is 9.97 Å². The van der Waals surface area contributed by atoms with Crippen molar-refractivity contribution in [3.05, 3.63) is 66.1 Å². The standard InChI is InChI=1S/C45H60N12O3/c1-51(2)44(60)39-29-33-30-47-45(50-42(33)57(39)36-5-3-4-6-36)48-40-13-11-37(31-46-40)56-27-25-55(26-28-56)35-15-17-52(18-16-35)19-20-53-21-23-54(24-22-53)34-9-7-32(8-10-34)38-12-14-41(58)49-43(38)59/h7-11,13,29-31,35-36,38H,3-6,12,14-28H2,1-2H3,(H,49,58,59)(H,46,47,48,50). The van der Waals surface area contributed by atoms with E-state index in [0.717, 1.165) is 101 Å². The van der Waals surface area contributed by atoms with Crippen molar-refractivity contribution in [2.24, 2.45) is 0 Å². The number of nitrogens with one attached hydrogen (secondary N) is 2. The van der Waals surface area contributed by atoms with E-state index in [2.05, 4.69) is 75.0 Å². The van der Waals surface area contributed by atoms with E-state index in [1.165, 1.54) is 44.5 Å². The quantitative estimate of drug-likeness (QED) is 0.209. The molecule has 0 spiro atoms. The molecular formula is C45H60N12O3. The molecule has 1 aromatic carbocycles. The Labute approximate surface area is 353 Å². The molecule has 15 nitrogen and oxygen atoms in total. The van der Waals surface area contributed by atoms with Crippen molar-refractivity contribution >= 4 is 51.9 Å². The number of rotatable bonds is 11. The fourth-order valence-corrected chi connectivity index (χ4v) is 10.1. The van der Waals surface area contributed by atoms with E-state index >= 15 is 0 Å². The third kappa shape index (κ3) is 8.84. The Bertz CT molecular complexity index is 2130. The molecule has 318 valence electrons. The van der Waals surface area contributed by atoms with Gasteiger partial charge in [-0.15, -0.1) is 0 Å². The number of hydrogen-bond donors (Lipinski definition) is 2. The molecule has 9 rings (SSSR count). The summed E-state index contributed by atoms with van der Waals surface area (Å²) in [6.45, 7) is 12.9. The second kappa shape index (κ2) is 17.8. The molecule has 3 amide bonds. The van der Waals surface area contributed by atoms with E-state index in [1.54, 1.807) is 25.2 Å². The van der Waals surface area contributed by atoms with Crippen LogP contribution in [0.3, 0.4) is 0 Å². The lowest BCUT2D eigenvalue weighted by Gasteiger charge is -2.43. The second-order valence-electron chi connectivity index (χ2n) is 17.6. The van der Waals surface area contributed by atoms with Crippen molar-refractivity contribution in [3.8, 4) is 0 Å². The third-order valence-electron chi connectivity index (χ3n) is 13.6. The summed E-state index contributed by atoms with van der Waals surface area (Å²) in [7, 11) is 3.59. The Kier molecular flexibility index (Phi) is 12.0. The molecule has 3 aromatic heterocycles. The maximum Gasteiger partial charge on any atom is 0.270 e. The molecule has 1 aliphatic carbocycles. The monoisotopic (exact) mass is 816 g/mol. The van der Waals surface area contributed by atoms with Crippen LogP contribution in [0.25, 0.3) is 11.0 Å². The van der Waals surface area contributed by atoms with Crippen LogP contribution < -0.4 is 20.4 Å². The zero-order valence-corrected chi connectivity index (χ0v) is 35.3. The fraction of sp³-hybridized carbons (Fsp3) is 0.556. The van der Waals surface area contributed by atoms with Crippen molar-refractivity contribution in [3.63, 3.8) is 0 Å². The van der Waals surface area contributed by atoms with Crippen LogP contribution in [-0.4, -0.2) is 156 Å². The number of benzene rings is 1. The van der Waals surface area contributed by atoms with Crippen LogP contribution in [0.5, 0.6) is 0 Å². The van der Waals surface area contributed by atoms with Gasteiger partial charge in [-0.25, -0.2) is 9.97 Å². The number of piperidine rings is 2. The summed E-state index contributed by atoms with van der Waals surface area (Å²) in [6.07, 6.45) is 11.7. The van der Waals surface area contributed by atoms with E-state index in [-0.39, 0.29) is 29.7 Å². The van der Waals surface area contributed by atoms with Gasteiger partial charge in [0.2, 0.25) is 17.8 Å². The first-order chi connectivity index (χ1) is 29.3. The lowest BCUT2D eigenvalue weighted by atomic mass is 9.90. The Morgan fingerprint density at radius 1 is 0.750 bits per heavy atom. The number of nitrogens with zero attached hydrogens (tertiary/aromatic N) is 10. The van der Waals surface area contributed by atoms with Gasteiger partial charge in [-0.1, -0.05) is 25.0 Å². The molecule has 4 aromatic rings. The van der Waals surface area contributed by atoms with Gasteiger partial charge in [0.05, 0.1) is 17.8 Å². The van der Waals surface area contributed by atoms with Gasteiger partial charge in [0.25, 0.3) is 5.91 Å². The molecule has 4 saturated heterocycles. The highest BCUT2D eigenvalue weighted by Crippen LogP contribution is 2.35. The van der Waals surface area contributed by atoms with Crippen LogP contribution in [0.2, 0.25) is 0 Å². The minimum atomic E-state index is -0.231. The van der Waals surface area contributed by atoms with E-state index < -0.39 is 0 Å². The zero-order chi connectivity index (χ0) is 41.2. The van der Waals surface area contributed by atoms with Crippen LogP contribution in [0, 0.1) is 0 Å². The molecule has 2 N–H and O–H groups in total. The van der Waals surface area contributed by atoms with Crippen LogP contribution in [0.4, 0.5) is 23.1 Å². The topological polar surface area (TPSA) is 138 Å². The highest BCUT2D eigenvalue weighted by molar-refractivity contribution is 6.01. The summed E-state index contributed by atoms with van der Waals surface area (Å²) in [5, 5.41) is 6.67. The lowest BCUT2D eigenvalue weighted by Crippen LogP contribution is -2.54. The maximum absolute atomic E-state index is 13.1. The number of piperazine rings is 2. The molecule has 0 radical (unpaired) electrons. The molecule has 4 aliphatic heterocycles. The van der Waals surface area contributed by atoms with Crippen molar-refractivity contribution in [1.29, 1.82) is 0 Å². The molecule has 1 atom stereocenters. The number of likely N-dealkylation sites (tertiary alicyclic amines) is 1. The van der Waals surface area contributed by atoms with Gasteiger partial charge < -0.3 is 29.5 Å².